The van der Waals surface area contributed by atoms with Crippen LogP contribution >= 0.6 is 0 Å². The Morgan fingerprint density at radius 1 is 1.62 bits per heavy atom. The Balaban J connectivity index is 2.11. The third-order valence-corrected chi connectivity index (χ3v) is 2.31. The average Bonchev–Trinajstić information content (AvgIpc) is 2.95. The van der Waals surface area contributed by atoms with Gasteiger partial charge in [0.15, 0.2) is 5.76 Å². The van der Waals surface area contributed by atoms with Gasteiger partial charge in [0.05, 0.1) is 19.6 Å². The standard InChI is InChI=1S/C11H12N2O3/c1-15-10(14)5-4-8-7-12-13-11(8)9-3-2-6-16-9/h2-3,6-7H,4-5H2,1H3,(H,12,13). The summed E-state index contributed by atoms with van der Waals surface area (Å²) in [4.78, 5) is 11.0. The third kappa shape index (κ3) is 2.13. The average molecular weight is 220 g/mol. The van der Waals surface area contributed by atoms with Crippen molar-refractivity contribution >= 4 is 5.97 Å². The molecule has 5 nitrogen and oxygen atoms in total. The van der Waals surface area contributed by atoms with Gasteiger partial charge in [0.25, 0.3) is 0 Å². The molecule has 0 saturated carbocycles. The summed E-state index contributed by atoms with van der Waals surface area (Å²) >= 11 is 0. The minimum Gasteiger partial charge on any atom is -0.469 e. The number of aryl methyl sites for hydroxylation is 1. The fraction of sp³-hybridized carbons (Fsp3) is 0.273. The lowest BCUT2D eigenvalue weighted by Crippen LogP contribution is -2.01. The van der Waals surface area contributed by atoms with Crippen molar-refractivity contribution in [1.29, 1.82) is 0 Å². The number of ether oxygens (including phenoxy) is 1. The van der Waals surface area contributed by atoms with E-state index in [1.807, 2.05) is 6.07 Å². The Bertz CT molecular complexity index is 459. The normalized spacial score (nSPS) is 10.3. The Hall–Kier alpha value is -2.04. The summed E-state index contributed by atoms with van der Waals surface area (Å²) in [7, 11) is 1.38. The number of furan rings is 1. The highest BCUT2D eigenvalue weighted by Crippen LogP contribution is 2.22. The summed E-state index contributed by atoms with van der Waals surface area (Å²) < 4.78 is 9.85. The lowest BCUT2D eigenvalue weighted by atomic mass is 10.1. The molecule has 0 bridgehead atoms. The zero-order valence-corrected chi connectivity index (χ0v) is 8.90. The van der Waals surface area contributed by atoms with E-state index in [9.17, 15) is 4.79 Å². The van der Waals surface area contributed by atoms with Crippen LogP contribution in [0.4, 0.5) is 0 Å². The van der Waals surface area contributed by atoms with Crippen molar-refractivity contribution in [2.24, 2.45) is 0 Å². The number of carbonyl (C=O) groups excluding carboxylic acids is 1. The molecule has 0 saturated heterocycles. The molecule has 2 heterocycles. The molecule has 0 aliphatic carbocycles. The molecule has 0 aliphatic rings. The monoisotopic (exact) mass is 220 g/mol. The molecule has 2 aromatic rings. The number of nitrogens with one attached hydrogen (secondary N) is 1. The van der Waals surface area contributed by atoms with Crippen molar-refractivity contribution in [3.05, 3.63) is 30.2 Å². The molecule has 0 spiro atoms. The first-order valence-corrected chi connectivity index (χ1v) is 4.94. The fourth-order valence-electron chi connectivity index (χ4n) is 1.47. The van der Waals surface area contributed by atoms with Gasteiger partial charge < -0.3 is 9.15 Å². The minimum atomic E-state index is -0.230. The van der Waals surface area contributed by atoms with Crippen LogP contribution in [0, 0.1) is 0 Å². The molecule has 0 amide bonds. The van der Waals surface area contributed by atoms with Gasteiger partial charge in [0, 0.05) is 12.0 Å². The van der Waals surface area contributed by atoms with Crippen molar-refractivity contribution < 1.29 is 13.9 Å². The van der Waals surface area contributed by atoms with Crippen LogP contribution in [-0.2, 0) is 16.0 Å². The number of carbonyl (C=O) groups is 1. The van der Waals surface area contributed by atoms with Crippen LogP contribution in [0.3, 0.4) is 0 Å². The second kappa shape index (κ2) is 4.65. The number of rotatable bonds is 4. The van der Waals surface area contributed by atoms with Crippen molar-refractivity contribution in [3.8, 4) is 11.5 Å². The van der Waals surface area contributed by atoms with Gasteiger partial charge >= 0.3 is 5.97 Å². The van der Waals surface area contributed by atoms with Crippen LogP contribution in [-0.4, -0.2) is 23.3 Å². The third-order valence-electron chi connectivity index (χ3n) is 2.31. The van der Waals surface area contributed by atoms with Gasteiger partial charge in [0.2, 0.25) is 0 Å². The first-order chi connectivity index (χ1) is 7.81. The van der Waals surface area contributed by atoms with Crippen molar-refractivity contribution in [2.45, 2.75) is 12.8 Å². The van der Waals surface area contributed by atoms with Gasteiger partial charge in [0.1, 0.15) is 5.69 Å². The number of H-pyrrole nitrogens is 1. The van der Waals surface area contributed by atoms with Crippen LogP contribution in [0.1, 0.15) is 12.0 Å². The van der Waals surface area contributed by atoms with Crippen LogP contribution in [0.5, 0.6) is 0 Å². The van der Waals surface area contributed by atoms with E-state index in [0.717, 1.165) is 17.0 Å². The molecule has 1 N–H and O–H groups in total. The molecular formula is C11H12N2O3. The van der Waals surface area contributed by atoms with E-state index >= 15 is 0 Å². The topological polar surface area (TPSA) is 68.1 Å². The van der Waals surface area contributed by atoms with Crippen LogP contribution in [0.15, 0.2) is 29.0 Å². The molecule has 0 aliphatic heterocycles. The molecule has 84 valence electrons. The molecule has 0 aromatic carbocycles. The van der Waals surface area contributed by atoms with Gasteiger partial charge in [-0.05, 0) is 18.6 Å². The zero-order chi connectivity index (χ0) is 11.4. The molecule has 16 heavy (non-hydrogen) atoms. The Morgan fingerprint density at radius 3 is 3.19 bits per heavy atom. The van der Waals surface area contributed by atoms with Gasteiger partial charge in [-0.25, -0.2) is 0 Å². The lowest BCUT2D eigenvalue weighted by Gasteiger charge is -1.99. The van der Waals surface area contributed by atoms with Gasteiger partial charge in [-0.15, -0.1) is 0 Å². The number of hydrogen-bond acceptors (Lipinski definition) is 4. The van der Waals surface area contributed by atoms with Crippen molar-refractivity contribution in [3.63, 3.8) is 0 Å². The Kier molecular flexibility index (Phi) is 3.05. The summed E-state index contributed by atoms with van der Waals surface area (Å²) in [6.45, 7) is 0. The van der Waals surface area contributed by atoms with E-state index in [4.69, 9.17) is 4.42 Å². The van der Waals surface area contributed by atoms with E-state index in [1.165, 1.54) is 7.11 Å². The van der Waals surface area contributed by atoms with Gasteiger partial charge in [-0.2, -0.15) is 5.10 Å². The maximum Gasteiger partial charge on any atom is 0.305 e. The van der Waals surface area contributed by atoms with Gasteiger partial charge in [-0.1, -0.05) is 0 Å². The van der Waals surface area contributed by atoms with E-state index < -0.39 is 0 Å². The largest absolute Gasteiger partial charge is 0.469 e. The minimum absolute atomic E-state index is 0.230. The summed E-state index contributed by atoms with van der Waals surface area (Å²) in [6.07, 6.45) is 4.21. The summed E-state index contributed by atoms with van der Waals surface area (Å²) in [5.74, 6) is 0.490. The highest BCUT2D eigenvalue weighted by molar-refractivity contribution is 5.70. The summed E-state index contributed by atoms with van der Waals surface area (Å²) in [5.41, 5.74) is 1.76. The lowest BCUT2D eigenvalue weighted by molar-refractivity contribution is -0.140. The van der Waals surface area contributed by atoms with E-state index in [0.29, 0.717) is 12.8 Å². The predicted molar refractivity (Wildman–Crippen MR) is 56.6 cm³/mol. The predicted octanol–water partition coefficient (Wildman–Crippen LogP) is 1.78. The molecule has 2 rings (SSSR count). The number of methoxy groups -OCH3 is 1. The molecule has 0 atom stereocenters. The molecule has 0 radical (unpaired) electrons. The van der Waals surface area contributed by atoms with E-state index in [2.05, 4.69) is 14.9 Å². The van der Waals surface area contributed by atoms with E-state index in [1.54, 1.807) is 18.5 Å². The fourth-order valence-corrected chi connectivity index (χ4v) is 1.47. The summed E-state index contributed by atoms with van der Waals surface area (Å²) in [5, 5.41) is 6.80. The maximum absolute atomic E-state index is 11.0. The van der Waals surface area contributed by atoms with Crippen molar-refractivity contribution in [2.75, 3.05) is 7.11 Å². The SMILES string of the molecule is COC(=O)CCc1cn[nH]c1-c1ccco1. The zero-order valence-electron chi connectivity index (χ0n) is 8.90. The highest BCUT2D eigenvalue weighted by Gasteiger charge is 2.11. The summed E-state index contributed by atoms with van der Waals surface area (Å²) in [6, 6.07) is 3.65. The Labute approximate surface area is 92.4 Å². The van der Waals surface area contributed by atoms with E-state index in [-0.39, 0.29) is 5.97 Å². The molecular weight excluding hydrogens is 208 g/mol. The number of nitrogens with zero attached hydrogens (tertiary/aromatic N) is 1. The maximum atomic E-state index is 11.0. The van der Waals surface area contributed by atoms with Crippen LogP contribution in [0.25, 0.3) is 11.5 Å². The Morgan fingerprint density at radius 2 is 2.50 bits per heavy atom. The molecule has 2 aromatic heterocycles. The quantitative estimate of drug-likeness (QED) is 0.797. The second-order valence-electron chi connectivity index (χ2n) is 3.32. The van der Waals surface area contributed by atoms with Crippen LogP contribution in [0.2, 0.25) is 0 Å². The first kappa shape index (κ1) is 10.5. The first-order valence-electron chi connectivity index (χ1n) is 4.94. The number of hydrogen-bond donors (Lipinski definition) is 1. The molecule has 0 unspecified atom stereocenters. The van der Waals surface area contributed by atoms with Gasteiger partial charge in [-0.3, -0.25) is 9.89 Å². The number of aromatic amines is 1. The second-order valence-corrected chi connectivity index (χ2v) is 3.32. The molecule has 5 heteroatoms. The highest BCUT2D eigenvalue weighted by atomic mass is 16.5. The number of aromatic nitrogens is 2. The van der Waals surface area contributed by atoms with Crippen molar-refractivity contribution in [1.82, 2.24) is 10.2 Å². The van der Waals surface area contributed by atoms with Crippen LogP contribution < -0.4 is 0 Å². The smallest absolute Gasteiger partial charge is 0.305 e. The number of esters is 1. The molecule has 0 fully saturated rings.